The van der Waals surface area contributed by atoms with Crippen molar-refractivity contribution in [2.75, 3.05) is 25.0 Å². The second-order valence-corrected chi connectivity index (χ2v) is 6.01. The van der Waals surface area contributed by atoms with Crippen LogP contribution in [0.2, 0.25) is 0 Å². The van der Waals surface area contributed by atoms with E-state index in [4.69, 9.17) is 5.11 Å². The number of aliphatic carboxylic acids is 1. The molecule has 0 spiro atoms. The molecule has 6 nitrogen and oxygen atoms in total. The van der Waals surface area contributed by atoms with Gasteiger partial charge in [-0.1, -0.05) is 19.1 Å². The van der Waals surface area contributed by atoms with Gasteiger partial charge in [0.15, 0.2) is 0 Å². The zero-order valence-electron chi connectivity index (χ0n) is 13.5. The van der Waals surface area contributed by atoms with Gasteiger partial charge in [0.25, 0.3) is 0 Å². The van der Waals surface area contributed by atoms with Crippen molar-refractivity contribution in [1.82, 2.24) is 4.90 Å². The molecule has 1 heterocycles. The SMILES string of the molecule is CC(CN(C)C(=O)Cc1ccc(N2CCCC2=O)cc1)C(=O)O. The van der Waals surface area contributed by atoms with Crippen LogP contribution in [0.25, 0.3) is 0 Å². The predicted molar refractivity (Wildman–Crippen MR) is 86.2 cm³/mol. The van der Waals surface area contributed by atoms with E-state index in [1.54, 1.807) is 18.9 Å². The van der Waals surface area contributed by atoms with Gasteiger partial charge < -0.3 is 14.9 Å². The molecular weight excluding hydrogens is 296 g/mol. The molecule has 1 aromatic rings. The fraction of sp³-hybridized carbons (Fsp3) is 0.471. The summed E-state index contributed by atoms with van der Waals surface area (Å²) in [7, 11) is 1.61. The quantitative estimate of drug-likeness (QED) is 0.863. The second kappa shape index (κ2) is 7.26. The summed E-state index contributed by atoms with van der Waals surface area (Å²) in [4.78, 5) is 37.9. The molecule has 1 unspecified atom stereocenters. The Kier molecular flexibility index (Phi) is 5.36. The summed E-state index contributed by atoms with van der Waals surface area (Å²) in [6.07, 6.45) is 1.69. The topological polar surface area (TPSA) is 77.9 Å². The van der Waals surface area contributed by atoms with Crippen LogP contribution in [0.4, 0.5) is 5.69 Å². The monoisotopic (exact) mass is 318 g/mol. The Bertz CT molecular complexity index is 597. The normalized spacial score (nSPS) is 15.6. The van der Waals surface area contributed by atoms with Crippen LogP contribution in [0.1, 0.15) is 25.3 Å². The van der Waals surface area contributed by atoms with Crippen molar-refractivity contribution in [3.63, 3.8) is 0 Å². The first-order valence-electron chi connectivity index (χ1n) is 7.74. The molecule has 1 saturated heterocycles. The van der Waals surface area contributed by atoms with Gasteiger partial charge in [0, 0.05) is 32.2 Å². The van der Waals surface area contributed by atoms with Gasteiger partial charge in [-0.15, -0.1) is 0 Å². The van der Waals surface area contributed by atoms with Crippen LogP contribution >= 0.6 is 0 Å². The Morgan fingerprint density at radius 1 is 1.30 bits per heavy atom. The number of carboxylic acid groups (broad SMARTS) is 1. The van der Waals surface area contributed by atoms with Gasteiger partial charge in [0.05, 0.1) is 12.3 Å². The molecule has 2 rings (SSSR count). The van der Waals surface area contributed by atoms with E-state index in [0.29, 0.717) is 6.42 Å². The van der Waals surface area contributed by atoms with Gasteiger partial charge in [0.1, 0.15) is 0 Å². The first-order chi connectivity index (χ1) is 10.9. The van der Waals surface area contributed by atoms with Crippen molar-refractivity contribution in [1.29, 1.82) is 0 Å². The van der Waals surface area contributed by atoms with Crippen LogP contribution in [-0.2, 0) is 20.8 Å². The molecule has 124 valence electrons. The van der Waals surface area contributed by atoms with Gasteiger partial charge in [-0.2, -0.15) is 0 Å². The van der Waals surface area contributed by atoms with Crippen molar-refractivity contribution in [3.05, 3.63) is 29.8 Å². The number of hydrogen-bond donors (Lipinski definition) is 1. The van der Waals surface area contributed by atoms with E-state index in [1.165, 1.54) is 4.90 Å². The number of nitrogens with zero attached hydrogens (tertiary/aromatic N) is 2. The van der Waals surface area contributed by atoms with Gasteiger partial charge in [-0.3, -0.25) is 14.4 Å². The Hall–Kier alpha value is -2.37. The number of rotatable bonds is 6. The largest absolute Gasteiger partial charge is 0.481 e. The third kappa shape index (κ3) is 4.31. The van der Waals surface area contributed by atoms with Crippen molar-refractivity contribution in [2.45, 2.75) is 26.2 Å². The summed E-state index contributed by atoms with van der Waals surface area (Å²) < 4.78 is 0. The average molecular weight is 318 g/mol. The number of amides is 2. The summed E-state index contributed by atoms with van der Waals surface area (Å²) in [5.74, 6) is -1.49. The number of likely N-dealkylation sites (N-methyl/N-ethyl adjacent to an activating group) is 1. The highest BCUT2D eigenvalue weighted by atomic mass is 16.4. The van der Waals surface area contributed by atoms with Crippen LogP contribution in [0, 0.1) is 5.92 Å². The number of carboxylic acids is 1. The minimum atomic E-state index is -0.913. The van der Waals surface area contributed by atoms with E-state index in [1.807, 2.05) is 24.3 Å². The molecular formula is C17H22N2O4. The summed E-state index contributed by atoms with van der Waals surface area (Å²) in [6.45, 7) is 2.51. The van der Waals surface area contributed by atoms with Crippen molar-refractivity contribution in [2.24, 2.45) is 5.92 Å². The fourth-order valence-electron chi connectivity index (χ4n) is 2.62. The number of benzene rings is 1. The zero-order chi connectivity index (χ0) is 17.0. The van der Waals surface area contributed by atoms with Gasteiger partial charge in [0.2, 0.25) is 11.8 Å². The first-order valence-corrected chi connectivity index (χ1v) is 7.74. The van der Waals surface area contributed by atoms with Crippen LogP contribution < -0.4 is 4.90 Å². The highest BCUT2D eigenvalue weighted by Gasteiger charge is 2.22. The molecule has 1 aliphatic rings. The third-order valence-corrected chi connectivity index (χ3v) is 4.07. The van der Waals surface area contributed by atoms with E-state index in [-0.39, 0.29) is 24.8 Å². The smallest absolute Gasteiger partial charge is 0.308 e. The minimum absolute atomic E-state index is 0.122. The molecule has 0 saturated carbocycles. The molecule has 1 atom stereocenters. The lowest BCUT2D eigenvalue weighted by molar-refractivity contribution is -0.142. The fourth-order valence-corrected chi connectivity index (χ4v) is 2.62. The molecule has 0 aliphatic carbocycles. The standard InChI is InChI=1S/C17H22N2O4/c1-12(17(22)23)11-18(2)16(21)10-13-5-7-14(8-6-13)19-9-3-4-15(19)20/h5-8,12H,3-4,9-11H2,1-2H3,(H,22,23). The lowest BCUT2D eigenvalue weighted by atomic mass is 10.1. The lowest BCUT2D eigenvalue weighted by Gasteiger charge is -2.20. The molecule has 0 aromatic heterocycles. The maximum absolute atomic E-state index is 12.1. The maximum atomic E-state index is 12.1. The van der Waals surface area contributed by atoms with E-state index in [0.717, 1.165) is 24.2 Å². The molecule has 0 bridgehead atoms. The molecule has 23 heavy (non-hydrogen) atoms. The maximum Gasteiger partial charge on any atom is 0.308 e. The molecule has 2 amide bonds. The number of carbonyl (C=O) groups is 3. The van der Waals surface area contributed by atoms with Gasteiger partial charge in [-0.05, 0) is 24.1 Å². The first kappa shape index (κ1) is 17.0. The zero-order valence-corrected chi connectivity index (χ0v) is 13.5. The minimum Gasteiger partial charge on any atom is -0.481 e. The van der Waals surface area contributed by atoms with E-state index in [9.17, 15) is 14.4 Å². The van der Waals surface area contributed by atoms with Crippen LogP contribution in [0.3, 0.4) is 0 Å². The van der Waals surface area contributed by atoms with Crippen LogP contribution in [0.15, 0.2) is 24.3 Å². The van der Waals surface area contributed by atoms with Crippen molar-refractivity contribution < 1.29 is 19.5 Å². The van der Waals surface area contributed by atoms with E-state index in [2.05, 4.69) is 0 Å². The summed E-state index contributed by atoms with van der Waals surface area (Å²) in [6, 6.07) is 7.39. The molecule has 1 N–H and O–H groups in total. The summed E-state index contributed by atoms with van der Waals surface area (Å²) in [5, 5.41) is 8.89. The van der Waals surface area contributed by atoms with Crippen molar-refractivity contribution in [3.8, 4) is 0 Å². The number of carbonyl (C=O) groups excluding carboxylic acids is 2. The Labute approximate surface area is 135 Å². The molecule has 1 aliphatic heterocycles. The predicted octanol–water partition coefficient (Wildman–Crippen LogP) is 1.53. The van der Waals surface area contributed by atoms with Gasteiger partial charge >= 0.3 is 5.97 Å². The second-order valence-electron chi connectivity index (χ2n) is 6.01. The van der Waals surface area contributed by atoms with E-state index >= 15 is 0 Å². The molecule has 6 heteroatoms. The summed E-state index contributed by atoms with van der Waals surface area (Å²) >= 11 is 0. The number of anilines is 1. The van der Waals surface area contributed by atoms with Crippen molar-refractivity contribution >= 4 is 23.5 Å². The third-order valence-electron chi connectivity index (χ3n) is 4.07. The van der Waals surface area contributed by atoms with Crippen LogP contribution in [-0.4, -0.2) is 47.9 Å². The molecule has 1 fully saturated rings. The highest BCUT2D eigenvalue weighted by Crippen LogP contribution is 2.21. The Morgan fingerprint density at radius 2 is 1.96 bits per heavy atom. The average Bonchev–Trinajstić information content (AvgIpc) is 2.94. The Morgan fingerprint density at radius 3 is 2.48 bits per heavy atom. The number of hydrogen-bond acceptors (Lipinski definition) is 3. The lowest BCUT2D eigenvalue weighted by Crippen LogP contribution is -2.34. The highest BCUT2D eigenvalue weighted by molar-refractivity contribution is 5.95. The van der Waals surface area contributed by atoms with E-state index < -0.39 is 11.9 Å². The van der Waals surface area contributed by atoms with Gasteiger partial charge in [-0.25, -0.2) is 0 Å². The van der Waals surface area contributed by atoms with Crippen LogP contribution in [0.5, 0.6) is 0 Å². The Balaban J connectivity index is 1.93. The summed E-state index contributed by atoms with van der Waals surface area (Å²) in [5.41, 5.74) is 1.71. The molecule has 0 radical (unpaired) electrons. The molecule has 1 aromatic carbocycles.